The molecular weight excluding hydrogens is 290 g/mol. The molecule has 0 amide bonds. The van der Waals surface area contributed by atoms with E-state index in [0.717, 1.165) is 13.1 Å². The molecule has 5 heteroatoms. The number of hydrogen-bond acceptors (Lipinski definition) is 5. The molecule has 0 aromatic carbocycles. The van der Waals surface area contributed by atoms with Gasteiger partial charge < -0.3 is 14.7 Å². The highest BCUT2D eigenvalue weighted by Crippen LogP contribution is 2.36. The largest absolute Gasteiger partial charge is 0.389 e. The first-order chi connectivity index (χ1) is 11.0. The van der Waals surface area contributed by atoms with E-state index in [9.17, 15) is 5.11 Å². The van der Waals surface area contributed by atoms with Crippen LogP contribution >= 0.6 is 0 Å². The molecule has 2 heterocycles. The molecule has 0 bridgehead atoms. The lowest BCUT2D eigenvalue weighted by molar-refractivity contribution is -0.00737. The Kier molecular flexibility index (Phi) is 6.96. The highest BCUT2D eigenvalue weighted by Gasteiger charge is 2.33. The Morgan fingerprint density at radius 1 is 1.48 bits per heavy atom. The zero-order valence-corrected chi connectivity index (χ0v) is 14.9. The van der Waals surface area contributed by atoms with Crippen molar-refractivity contribution in [2.24, 2.45) is 5.92 Å². The predicted molar refractivity (Wildman–Crippen MR) is 92.3 cm³/mol. The number of likely N-dealkylation sites (tertiary alicyclic amines) is 1. The Bertz CT molecular complexity index is 455. The first kappa shape index (κ1) is 18.3. The topological polar surface area (TPSA) is 48.8 Å². The summed E-state index contributed by atoms with van der Waals surface area (Å²) >= 11 is 0. The van der Waals surface area contributed by atoms with Gasteiger partial charge in [0, 0.05) is 31.5 Å². The Balaban J connectivity index is 1.88. The monoisotopic (exact) mass is 321 g/mol. The summed E-state index contributed by atoms with van der Waals surface area (Å²) < 4.78 is 5.49. The number of hydrogen-bond donors (Lipinski definition) is 1. The zero-order valence-electron chi connectivity index (χ0n) is 14.9. The molecule has 2 rings (SSSR count). The van der Waals surface area contributed by atoms with E-state index in [1.54, 1.807) is 0 Å². The van der Waals surface area contributed by atoms with Crippen LogP contribution in [0.5, 0.6) is 0 Å². The second-order valence-electron chi connectivity index (χ2n) is 7.02. The second-order valence-corrected chi connectivity index (χ2v) is 7.02. The van der Waals surface area contributed by atoms with Crippen molar-refractivity contribution in [1.29, 1.82) is 0 Å². The smallest absolute Gasteiger partial charge is 0.0900 e. The van der Waals surface area contributed by atoms with Crippen LogP contribution in [0.3, 0.4) is 0 Å². The van der Waals surface area contributed by atoms with Crippen molar-refractivity contribution in [2.45, 2.75) is 38.5 Å². The van der Waals surface area contributed by atoms with Crippen LogP contribution in [0.15, 0.2) is 24.5 Å². The fraction of sp³-hybridized carbons (Fsp3) is 0.722. The van der Waals surface area contributed by atoms with Gasteiger partial charge in [-0.15, -0.1) is 0 Å². The number of pyridine rings is 1. The van der Waals surface area contributed by atoms with E-state index in [-0.39, 0.29) is 6.10 Å². The fourth-order valence-electron chi connectivity index (χ4n) is 3.49. The molecule has 0 aliphatic carbocycles. The summed E-state index contributed by atoms with van der Waals surface area (Å²) in [5, 5.41) is 10.1. The Labute approximate surface area is 140 Å². The van der Waals surface area contributed by atoms with E-state index >= 15 is 0 Å². The highest BCUT2D eigenvalue weighted by atomic mass is 16.5. The SMILES string of the molecule is CC(C)OCC(O)CN(C)C[C@@H]1CCN(C)[C@H]1c1cccnc1. The summed E-state index contributed by atoms with van der Waals surface area (Å²) in [6.07, 6.45) is 4.71. The van der Waals surface area contributed by atoms with Crippen molar-refractivity contribution in [1.82, 2.24) is 14.8 Å². The van der Waals surface area contributed by atoms with Gasteiger partial charge >= 0.3 is 0 Å². The molecule has 5 nitrogen and oxygen atoms in total. The van der Waals surface area contributed by atoms with Crippen LogP contribution in [0.4, 0.5) is 0 Å². The Hall–Kier alpha value is -1.01. The van der Waals surface area contributed by atoms with Gasteiger partial charge in [-0.1, -0.05) is 6.07 Å². The van der Waals surface area contributed by atoms with Crippen LogP contribution in [0.1, 0.15) is 31.9 Å². The van der Waals surface area contributed by atoms with Crippen molar-refractivity contribution in [3.63, 3.8) is 0 Å². The third kappa shape index (κ3) is 5.53. The van der Waals surface area contributed by atoms with Gasteiger partial charge in [0.25, 0.3) is 0 Å². The van der Waals surface area contributed by atoms with E-state index in [1.165, 1.54) is 12.0 Å². The maximum Gasteiger partial charge on any atom is 0.0900 e. The molecule has 1 aliphatic heterocycles. The Morgan fingerprint density at radius 2 is 2.26 bits per heavy atom. The van der Waals surface area contributed by atoms with Gasteiger partial charge in [-0.25, -0.2) is 0 Å². The lowest BCUT2D eigenvalue weighted by Gasteiger charge is -2.29. The summed E-state index contributed by atoms with van der Waals surface area (Å²) in [5.74, 6) is 0.562. The summed E-state index contributed by atoms with van der Waals surface area (Å²) in [7, 11) is 4.26. The van der Waals surface area contributed by atoms with Crippen LogP contribution in [0, 0.1) is 5.92 Å². The number of aromatic nitrogens is 1. The summed E-state index contributed by atoms with van der Waals surface area (Å²) in [5.41, 5.74) is 1.29. The zero-order chi connectivity index (χ0) is 16.8. The molecule has 1 saturated heterocycles. The van der Waals surface area contributed by atoms with Crippen LogP contribution in [-0.4, -0.2) is 72.4 Å². The number of rotatable bonds is 8. The molecule has 0 spiro atoms. The van der Waals surface area contributed by atoms with Crippen LogP contribution in [0.25, 0.3) is 0 Å². The van der Waals surface area contributed by atoms with E-state index in [1.807, 2.05) is 32.3 Å². The third-order valence-electron chi connectivity index (χ3n) is 4.49. The highest BCUT2D eigenvalue weighted by molar-refractivity contribution is 5.17. The van der Waals surface area contributed by atoms with Crippen LogP contribution < -0.4 is 0 Å². The molecule has 1 aliphatic rings. The standard InChI is InChI=1S/C18H31N3O2/c1-14(2)23-13-17(22)12-20(3)11-16-7-9-21(4)18(16)15-6-5-8-19-10-15/h5-6,8,10,14,16-18,22H,7,9,11-13H2,1-4H3/t16-,17?,18-/m0/s1. The maximum absolute atomic E-state index is 10.1. The van der Waals surface area contributed by atoms with Gasteiger partial charge in [-0.2, -0.15) is 0 Å². The van der Waals surface area contributed by atoms with Crippen molar-refractivity contribution in [2.75, 3.05) is 40.3 Å². The summed E-state index contributed by atoms with van der Waals surface area (Å²) in [4.78, 5) is 8.90. The molecule has 0 radical (unpaired) electrons. The van der Waals surface area contributed by atoms with Crippen molar-refractivity contribution in [3.05, 3.63) is 30.1 Å². The van der Waals surface area contributed by atoms with Crippen molar-refractivity contribution < 1.29 is 9.84 Å². The van der Waals surface area contributed by atoms with Gasteiger partial charge in [0.2, 0.25) is 0 Å². The average Bonchev–Trinajstić information content (AvgIpc) is 2.86. The lowest BCUT2D eigenvalue weighted by atomic mass is 9.94. The fourth-order valence-corrected chi connectivity index (χ4v) is 3.49. The van der Waals surface area contributed by atoms with Gasteiger partial charge in [-0.05, 0) is 58.5 Å². The molecule has 3 atom stereocenters. The van der Waals surface area contributed by atoms with E-state index in [0.29, 0.717) is 25.1 Å². The summed E-state index contributed by atoms with van der Waals surface area (Å²) in [6, 6.07) is 4.59. The summed E-state index contributed by atoms with van der Waals surface area (Å²) in [6.45, 7) is 7.11. The molecule has 1 aromatic heterocycles. The maximum atomic E-state index is 10.1. The molecule has 130 valence electrons. The number of likely N-dealkylation sites (N-methyl/N-ethyl adjacent to an activating group) is 1. The first-order valence-electron chi connectivity index (χ1n) is 8.55. The third-order valence-corrected chi connectivity index (χ3v) is 4.49. The van der Waals surface area contributed by atoms with Gasteiger partial charge in [0.05, 0.1) is 18.8 Å². The normalized spacial score (nSPS) is 23.8. The molecule has 1 unspecified atom stereocenters. The van der Waals surface area contributed by atoms with Crippen molar-refractivity contribution >= 4 is 0 Å². The number of aliphatic hydroxyl groups is 1. The van der Waals surface area contributed by atoms with E-state index < -0.39 is 6.10 Å². The molecular formula is C18H31N3O2. The average molecular weight is 321 g/mol. The molecule has 1 fully saturated rings. The van der Waals surface area contributed by atoms with Crippen molar-refractivity contribution in [3.8, 4) is 0 Å². The van der Waals surface area contributed by atoms with Gasteiger partial charge in [-0.3, -0.25) is 9.88 Å². The molecule has 0 saturated carbocycles. The van der Waals surface area contributed by atoms with Gasteiger partial charge in [0.1, 0.15) is 0 Å². The molecule has 1 aromatic rings. The number of aliphatic hydroxyl groups excluding tert-OH is 1. The minimum atomic E-state index is -0.432. The molecule has 1 N–H and O–H groups in total. The molecule has 23 heavy (non-hydrogen) atoms. The van der Waals surface area contributed by atoms with E-state index in [2.05, 4.69) is 34.9 Å². The number of ether oxygens (including phenoxy) is 1. The van der Waals surface area contributed by atoms with Gasteiger partial charge in [0.15, 0.2) is 0 Å². The first-order valence-corrected chi connectivity index (χ1v) is 8.55. The minimum Gasteiger partial charge on any atom is -0.389 e. The Morgan fingerprint density at radius 3 is 2.91 bits per heavy atom. The van der Waals surface area contributed by atoms with Crippen LogP contribution in [-0.2, 0) is 4.74 Å². The second kappa shape index (κ2) is 8.73. The minimum absolute atomic E-state index is 0.161. The van der Waals surface area contributed by atoms with Crippen LogP contribution in [0.2, 0.25) is 0 Å². The van der Waals surface area contributed by atoms with E-state index in [4.69, 9.17) is 4.74 Å². The predicted octanol–water partition coefficient (Wildman–Crippen LogP) is 1.79. The quantitative estimate of drug-likeness (QED) is 0.791. The lowest BCUT2D eigenvalue weighted by Crippen LogP contribution is -2.37. The number of nitrogens with zero attached hydrogens (tertiary/aromatic N) is 3.